The molecule has 0 spiro atoms. The van der Waals surface area contributed by atoms with Gasteiger partial charge in [-0.2, -0.15) is 0 Å². The first kappa shape index (κ1) is 19.9. The summed E-state index contributed by atoms with van der Waals surface area (Å²) in [5, 5.41) is 2.64. The number of carbonyl (C=O) groups is 2. The fourth-order valence-corrected chi connectivity index (χ4v) is 3.26. The zero-order chi connectivity index (χ0) is 20.5. The summed E-state index contributed by atoms with van der Waals surface area (Å²) in [5.41, 5.74) is -0.264. The van der Waals surface area contributed by atoms with Gasteiger partial charge in [0.25, 0.3) is 11.8 Å². The minimum absolute atomic E-state index is 0.0167. The molecule has 2 aromatic heterocycles. The van der Waals surface area contributed by atoms with Crippen LogP contribution in [0.2, 0.25) is 0 Å². The monoisotopic (exact) mass is 392 g/mol. The molecule has 2 heterocycles. The highest BCUT2D eigenvalue weighted by molar-refractivity contribution is 5.96. The molecule has 9 heteroatoms. The summed E-state index contributed by atoms with van der Waals surface area (Å²) in [4.78, 5) is 35.3. The Balaban J connectivity index is 1.96. The second-order valence-corrected chi connectivity index (χ2v) is 7.86. The number of aromatic nitrogens is 2. The summed E-state index contributed by atoms with van der Waals surface area (Å²) in [6, 6.07) is 1.56. The average Bonchev–Trinajstić information content (AvgIpc) is 3.11. The van der Waals surface area contributed by atoms with Crippen LogP contribution >= 0.6 is 0 Å². The normalized spacial score (nSPS) is 17.5. The molecule has 0 radical (unpaired) electrons. The maximum absolute atomic E-state index is 13.2. The van der Waals surface area contributed by atoms with Crippen molar-refractivity contribution in [3.63, 3.8) is 0 Å². The molecule has 1 saturated carbocycles. The predicted octanol–water partition coefficient (Wildman–Crippen LogP) is 2.97. The highest BCUT2D eigenvalue weighted by Crippen LogP contribution is 2.38. The minimum Gasteiger partial charge on any atom is -0.438 e. The number of pyridine rings is 1. The van der Waals surface area contributed by atoms with E-state index in [9.17, 15) is 18.4 Å². The lowest BCUT2D eigenvalue weighted by atomic mass is 9.87. The van der Waals surface area contributed by atoms with E-state index in [1.165, 1.54) is 23.5 Å². The quantitative estimate of drug-likeness (QED) is 0.845. The topological polar surface area (TPSA) is 88.3 Å². The van der Waals surface area contributed by atoms with E-state index in [2.05, 4.69) is 15.3 Å². The summed E-state index contributed by atoms with van der Waals surface area (Å²) in [7, 11) is 0. The van der Waals surface area contributed by atoms with Crippen molar-refractivity contribution in [2.45, 2.75) is 57.2 Å². The molecule has 0 aromatic carbocycles. The number of amides is 2. The van der Waals surface area contributed by atoms with E-state index in [4.69, 9.17) is 4.42 Å². The van der Waals surface area contributed by atoms with E-state index in [0.717, 1.165) is 6.39 Å². The van der Waals surface area contributed by atoms with Crippen LogP contribution in [0.5, 0.6) is 0 Å². The third-order valence-electron chi connectivity index (χ3n) is 4.55. The van der Waals surface area contributed by atoms with Crippen LogP contribution in [0.4, 0.5) is 8.78 Å². The first-order valence-corrected chi connectivity index (χ1v) is 8.89. The summed E-state index contributed by atoms with van der Waals surface area (Å²) in [6.45, 7) is 5.33. The van der Waals surface area contributed by atoms with Crippen molar-refractivity contribution in [2.24, 2.45) is 0 Å². The molecular formula is C19H22F2N4O3. The molecule has 2 amide bonds. The van der Waals surface area contributed by atoms with Gasteiger partial charge in [0.15, 0.2) is 6.39 Å². The number of carbonyl (C=O) groups excluding carboxylic acids is 2. The van der Waals surface area contributed by atoms with Crippen LogP contribution in [0.25, 0.3) is 0 Å². The molecule has 1 unspecified atom stereocenters. The fourth-order valence-electron chi connectivity index (χ4n) is 3.26. The molecule has 2 aromatic rings. The number of rotatable bonds is 5. The van der Waals surface area contributed by atoms with E-state index in [1.54, 1.807) is 32.9 Å². The van der Waals surface area contributed by atoms with Gasteiger partial charge in [-0.05, 0) is 38.5 Å². The molecule has 7 nitrogen and oxygen atoms in total. The zero-order valence-corrected chi connectivity index (χ0v) is 15.9. The molecule has 1 N–H and O–H groups in total. The van der Waals surface area contributed by atoms with Crippen LogP contribution in [0.1, 0.15) is 55.8 Å². The van der Waals surface area contributed by atoms with Crippen molar-refractivity contribution in [3.05, 3.63) is 48.4 Å². The predicted molar refractivity (Wildman–Crippen MR) is 95.5 cm³/mol. The van der Waals surface area contributed by atoms with Gasteiger partial charge in [-0.3, -0.25) is 14.6 Å². The smallest absolute Gasteiger partial charge is 0.292 e. The van der Waals surface area contributed by atoms with Gasteiger partial charge in [0.2, 0.25) is 11.7 Å². The highest BCUT2D eigenvalue weighted by atomic mass is 19.3. The summed E-state index contributed by atoms with van der Waals surface area (Å²) in [6.07, 6.45) is 4.60. The van der Waals surface area contributed by atoms with Gasteiger partial charge in [0, 0.05) is 36.8 Å². The SMILES string of the molecule is CC(C)(C)N(C(=O)c1cnco1)C(C(=O)NC1CC(F)(F)C1)c1ccncc1. The van der Waals surface area contributed by atoms with Crippen LogP contribution in [0, 0.1) is 0 Å². The van der Waals surface area contributed by atoms with Crippen molar-refractivity contribution in [2.75, 3.05) is 0 Å². The number of alkyl halides is 2. The van der Waals surface area contributed by atoms with Gasteiger partial charge in [-0.1, -0.05) is 0 Å². The van der Waals surface area contributed by atoms with E-state index < -0.39 is 48.2 Å². The second-order valence-electron chi connectivity index (χ2n) is 7.86. The molecule has 0 bridgehead atoms. The van der Waals surface area contributed by atoms with E-state index in [-0.39, 0.29) is 5.76 Å². The number of hydrogen-bond acceptors (Lipinski definition) is 5. The Morgan fingerprint density at radius 2 is 1.89 bits per heavy atom. The number of nitrogens with one attached hydrogen (secondary N) is 1. The van der Waals surface area contributed by atoms with Crippen molar-refractivity contribution in [3.8, 4) is 0 Å². The van der Waals surface area contributed by atoms with E-state index in [0.29, 0.717) is 5.56 Å². The van der Waals surface area contributed by atoms with Crippen LogP contribution < -0.4 is 5.32 Å². The Morgan fingerprint density at radius 1 is 1.25 bits per heavy atom. The number of oxazole rings is 1. The van der Waals surface area contributed by atoms with Gasteiger partial charge in [-0.25, -0.2) is 13.8 Å². The Hall–Kier alpha value is -2.84. The summed E-state index contributed by atoms with van der Waals surface area (Å²) >= 11 is 0. The standard InChI is InChI=1S/C19H22F2N4O3/c1-18(2,3)25(17(27)14-10-23-11-28-14)15(12-4-6-22-7-5-12)16(26)24-13-8-19(20,21)9-13/h4-7,10-11,13,15H,8-9H2,1-3H3,(H,24,26). The zero-order valence-electron chi connectivity index (χ0n) is 15.9. The number of halogens is 2. The Morgan fingerprint density at radius 3 is 2.39 bits per heavy atom. The lowest BCUT2D eigenvalue weighted by Gasteiger charge is -2.42. The van der Waals surface area contributed by atoms with Crippen LogP contribution in [0.15, 0.2) is 41.5 Å². The van der Waals surface area contributed by atoms with Crippen LogP contribution in [0.3, 0.4) is 0 Å². The molecule has 3 rings (SSSR count). The Bertz CT molecular complexity index is 827. The van der Waals surface area contributed by atoms with Crippen molar-refractivity contribution in [1.82, 2.24) is 20.2 Å². The minimum atomic E-state index is -2.76. The van der Waals surface area contributed by atoms with Gasteiger partial charge in [0.1, 0.15) is 6.04 Å². The number of nitrogens with zero attached hydrogens (tertiary/aromatic N) is 3. The summed E-state index contributed by atoms with van der Waals surface area (Å²) in [5.74, 6) is -3.84. The Labute approximate surface area is 161 Å². The van der Waals surface area contributed by atoms with Gasteiger partial charge in [0.05, 0.1) is 6.20 Å². The van der Waals surface area contributed by atoms with Crippen LogP contribution in [-0.4, -0.2) is 44.2 Å². The molecule has 1 aliphatic carbocycles. The lowest BCUT2D eigenvalue weighted by molar-refractivity contribution is -0.135. The van der Waals surface area contributed by atoms with Gasteiger partial charge >= 0.3 is 0 Å². The summed E-state index contributed by atoms with van der Waals surface area (Å²) < 4.78 is 31.5. The molecule has 1 fully saturated rings. The lowest BCUT2D eigenvalue weighted by Crippen LogP contribution is -2.56. The molecule has 28 heavy (non-hydrogen) atoms. The van der Waals surface area contributed by atoms with Crippen molar-refractivity contribution < 1.29 is 22.8 Å². The number of hydrogen-bond donors (Lipinski definition) is 1. The van der Waals surface area contributed by atoms with Crippen molar-refractivity contribution >= 4 is 11.8 Å². The van der Waals surface area contributed by atoms with E-state index in [1.807, 2.05) is 0 Å². The molecule has 0 saturated heterocycles. The third kappa shape index (κ3) is 4.18. The Kier molecular flexibility index (Phi) is 5.18. The van der Waals surface area contributed by atoms with Crippen LogP contribution in [-0.2, 0) is 4.79 Å². The largest absolute Gasteiger partial charge is 0.438 e. The first-order valence-electron chi connectivity index (χ1n) is 8.89. The highest BCUT2D eigenvalue weighted by Gasteiger charge is 2.48. The molecule has 150 valence electrons. The molecule has 1 aliphatic rings. The first-order chi connectivity index (χ1) is 13.1. The second kappa shape index (κ2) is 7.29. The maximum atomic E-state index is 13.2. The molecular weight excluding hydrogens is 370 g/mol. The average molecular weight is 392 g/mol. The molecule has 0 aliphatic heterocycles. The molecule has 1 atom stereocenters. The van der Waals surface area contributed by atoms with E-state index >= 15 is 0 Å². The maximum Gasteiger partial charge on any atom is 0.292 e. The van der Waals surface area contributed by atoms with Gasteiger partial charge in [-0.15, -0.1) is 0 Å². The fraction of sp³-hybridized carbons (Fsp3) is 0.474. The van der Waals surface area contributed by atoms with Crippen molar-refractivity contribution in [1.29, 1.82) is 0 Å². The third-order valence-corrected chi connectivity index (χ3v) is 4.55. The van der Waals surface area contributed by atoms with Gasteiger partial charge < -0.3 is 14.6 Å².